The van der Waals surface area contributed by atoms with Crippen molar-refractivity contribution < 1.29 is 71.8 Å². The van der Waals surface area contributed by atoms with E-state index >= 15 is 0 Å². The number of aromatic nitrogens is 4. The monoisotopic (exact) mass is 1280 g/mol. The molecule has 0 spiro atoms. The van der Waals surface area contributed by atoms with E-state index in [0.717, 1.165) is 23.3 Å². The zero-order valence-corrected chi connectivity index (χ0v) is 50.8. The Labute approximate surface area is 516 Å². The van der Waals surface area contributed by atoms with Crippen LogP contribution in [-0.2, 0) is 49.4 Å². The maximum atomic E-state index is 13.7. The van der Waals surface area contributed by atoms with Crippen LogP contribution in [0.5, 0.6) is 11.5 Å². The zero-order valence-electron chi connectivity index (χ0n) is 45.4. The summed E-state index contributed by atoms with van der Waals surface area (Å²) in [6, 6.07) is 46.0. The summed E-state index contributed by atoms with van der Waals surface area (Å²) in [5, 5.41) is 31.3. The van der Waals surface area contributed by atoms with E-state index in [1.807, 2.05) is 102 Å². The first kappa shape index (κ1) is 65.2. The standard InChI is InChI=1S/2C25H19Cl2F3N2O2.2C7H7.Zr/c2*1-24(2,3)13-11-15(14-7-4-5-8-17(14)25(28,29)30)21(33)16(12-13)23-31-22(32-34-23)20-18(26)9-6-10-19(20)27;2*1-7-5-3-2-4-6-7;/h2*4-12,33H,1-3H3;2*2-6H,1H2;/q;;2*-1;+2. The Balaban J connectivity index is 0.000000213. The molecule has 0 saturated carbocycles. The van der Waals surface area contributed by atoms with Crippen LogP contribution in [0.1, 0.15) is 74.9 Å². The Kier molecular flexibility index (Phi) is 21.3. The molecule has 0 radical (unpaired) electrons. The average molecular weight is 1290 g/mol. The molecule has 2 aromatic heterocycles. The van der Waals surface area contributed by atoms with Crippen molar-refractivity contribution in [1.29, 1.82) is 0 Å². The molecule has 0 atom stereocenters. The van der Waals surface area contributed by atoms with Crippen molar-refractivity contribution in [2.45, 2.75) is 64.7 Å². The molecular weight excluding hydrogens is 1240 g/mol. The molecule has 19 heteroatoms. The zero-order chi connectivity index (χ0) is 59.9. The molecule has 8 aromatic carbocycles. The molecule has 83 heavy (non-hydrogen) atoms. The van der Waals surface area contributed by atoms with Gasteiger partial charge < -0.3 is 19.3 Å². The molecular formula is C64H52Cl4F6N4O4Zr. The summed E-state index contributed by atoms with van der Waals surface area (Å²) in [4.78, 5) is 8.67. The van der Waals surface area contributed by atoms with E-state index in [-0.39, 0.29) is 83.0 Å². The first-order valence-corrected chi connectivity index (χ1v) is 26.4. The molecule has 426 valence electrons. The quantitative estimate of drug-likeness (QED) is 0.125. The van der Waals surface area contributed by atoms with Crippen molar-refractivity contribution >= 4 is 46.4 Å². The molecule has 0 amide bonds. The first-order chi connectivity index (χ1) is 38.5. The number of nitrogens with zero attached hydrogens (tertiary/aromatic N) is 4. The number of aromatic hydroxyl groups is 2. The van der Waals surface area contributed by atoms with Crippen molar-refractivity contribution in [2.24, 2.45) is 0 Å². The van der Waals surface area contributed by atoms with Crippen LogP contribution in [0.15, 0.2) is 179 Å². The summed E-state index contributed by atoms with van der Waals surface area (Å²) in [6.45, 7) is 18.9. The first-order valence-electron chi connectivity index (χ1n) is 24.9. The molecule has 0 bridgehead atoms. The molecule has 0 aliphatic heterocycles. The van der Waals surface area contributed by atoms with Gasteiger partial charge in [-0.1, -0.05) is 159 Å². The number of phenolic OH excluding ortho intramolecular Hbond substituents is 2. The molecule has 0 saturated heterocycles. The third-order valence-electron chi connectivity index (χ3n) is 12.4. The van der Waals surface area contributed by atoms with Gasteiger partial charge in [-0.2, -0.15) is 85.6 Å². The number of halogens is 10. The van der Waals surface area contributed by atoms with Gasteiger partial charge in [-0.25, -0.2) is 0 Å². The summed E-state index contributed by atoms with van der Waals surface area (Å²) in [5.74, 6) is -0.817. The van der Waals surface area contributed by atoms with E-state index < -0.39 is 45.8 Å². The van der Waals surface area contributed by atoms with Crippen molar-refractivity contribution in [1.82, 2.24) is 20.3 Å². The van der Waals surface area contributed by atoms with Gasteiger partial charge in [0.15, 0.2) is 0 Å². The van der Waals surface area contributed by atoms with Gasteiger partial charge in [-0.15, -0.1) is 24.3 Å². The number of alkyl halides is 6. The van der Waals surface area contributed by atoms with E-state index in [2.05, 4.69) is 34.1 Å². The molecule has 0 aliphatic rings. The molecule has 2 N–H and O–H groups in total. The van der Waals surface area contributed by atoms with Crippen LogP contribution in [0.2, 0.25) is 20.1 Å². The maximum Gasteiger partial charge on any atom is 2.00 e. The summed E-state index contributed by atoms with van der Waals surface area (Å²) < 4.78 is 93.2. The molecule has 10 aromatic rings. The van der Waals surface area contributed by atoms with Crippen molar-refractivity contribution in [3.63, 3.8) is 0 Å². The fourth-order valence-electron chi connectivity index (χ4n) is 8.05. The Bertz CT molecular complexity index is 3540. The Morgan fingerprint density at radius 3 is 0.964 bits per heavy atom. The van der Waals surface area contributed by atoms with Crippen LogP contribution in [0.3, 0.4) is 0 Å². The minimum Gasteiger partial charge on any atom is -0.506 e. The average Bonchev–Trinajstić information content (AvgIpc) is 4.10. The Hall–Kier alpha value is -7.00. The largest absolute Gasteiger partial charge is 2.00 e. The van der Waals surface area contributed by atoms with Gasteiger partial charge in [0.2, 0.25) is 11.6 Å². The van der Waals surface area contributed by atoms with Crippen molar-refractivity contribution in [3.8, 4) is 79.4 Å². The van der Waals surface area contributed by atoms with E-state index in [1.165, 1.54) is 36.4 Å². The second-order valence-electron chi connectivity index (χ2n) is 20.4. The van der Waals surface area contributed by atoms with Crippen molar-refractivity contribution in [2.75, 3.05) is 0 Å². The molecule has 8 nitrogen and oxygen atoms in total. The fourth-order valence-corrected chi connectivity index (χ4v) is 9.18. The van der Waals surface area contributed by atoms with Gasteiger partial charge in [0, 0.05) is 11.1 Å². The summed E-state index contributed by atoms with van der Waals surface area (Å²) >= 11 is 25.0. The smallest absolute Gasteiger partial charge is 0.506 e. The van der Waals surface area contributed by atoms with Crippen LogP contribution in [0.4, 0.5) is 26.3 Å². The van der Waals surface area contributed by atoms with Gasteiger partial charge in [0.1, 0.15) is 11.5 Å². The van der Waals surface area contributed by atoms with Gasteiger partial charge in [-0.05, 0) is 93.7 Å². The van der Waals surface area contributed by atoms with E-state index in [9.17, 15) is 36.6 Å². The number of phenols is 2. The van der Waals surface area contributed by atoms with E-state index in [1.54, 1.807) is 60.7 Å². The minimum atomic E-state index is -4.61. The molecule has 0 aliphatic carbocycles. The SMILES string of the molecule is CC(C)(C)c1cc(-c2nc(-c3c(Cl)cccc3Cl)no2)c(O)c(-c2ccccc2C(F)(F)F)c1.CC(C)(C)c1cc(-c2nc(-c3c(Cl)cccc3Cl)no2)c(O)c(-c2ccccc2C(F)(F)F)c1.[CH2-]c1ccccc1.[CH2-]c1ccccc1.[Zr+2]. The second-order valence-corrected chi connectivity index (χ2v) is 22.1. The summed E-state index contributed by atoms with van der Waals surface area (Å²) in [6.07, 6.45) is -9.22. The Morgan fingerprint density at radius 2 is 0.687 bits per heavy atom. The van der Waals surface area contributed by atoms with Crippen LogP contribution in [0, 0.1) is 13.8 Å². The van der Waals surface area contributed by atoms with E-state index in [4.69, 9.17) is 55.4 Å². The topological polar surface area (TPSA) is 118 Å². The van der Waals surface area contributed by atoms with Gasteiger partial charge in [-0.3, -0.25) is 0 Å². The summed E-state index contributed by atoms with van der Waals surface area (Å²) in [7, 11) is 0. The summed E-state index contributed by atoms with van der Waals surface area (Å²) in [5.41, 5.74) is 1.41. The van der Waals surface area contributed by atoms with Gasteiger partial charge in [0.25, 0.3) is 11.8 Å². The Morgan fingerprint density at radius 1 is 0.398 bits per heavy atom. The third kappa shape index (κ3) is 16.2. The predicted octanol–water partition coefficient (Wildman–Crippen LogP) is 20.5. The fraction of sp³-hybridized carbons (Fsp3) is 0.156. The molecule has 10 rings (SSSR count). The third-order valence-corrected chi connectivity index (χ3v) is 13.6. The number of benzene rings is 8. The molecule has 2 heterocycles. The number of hydrogen-bond donors (Lipinski definition) is 2. The molecule has 0 fully saturated rings. The van der Waals surface area contributed by atoms with Crippen molar-refractivity contribution in [3.05, 3.63) is 237 Å². The van der Waals surface area contributed by atoms with Crippen LogP contribution < -0.4 is 0 Å². The number of rotatable bonds is 6. The van der Waals surface area contributed by atoms with Crippen LogP contribution in [0.25, 0.3) is 67.9 Å². The van der Waals surface area contributed by atoms with Crippen LogP contribution in [-0.4, -0.2) is 30.5 Å². The minimum absolute atomic E-state index is 0. The second kappa shape index (κ2) is 27.1. The van der Waals surface area contributed by atoms with Gasteiger partial charge in [0.05, 0.1) is 53.5 Å². The normalized spacial score (nSPS) is 11.5. The molecule has 0 unspecified atom stereocenters. The van der Waals surface area contributed by atoms with Gasteiger partial charge >= 0.3 is 38.6 Å². The predicted molar refractivity (Wildman–Crippen MR) is 314 cm³/mol. The van der Waals surface area contributed by atoms with E-state index in [0.29, 0.717) is 42.3 Å². The number of hydrogen-bond acceptors (Lipinski definition) is 8. The maximum absolute atomic E-state index is 13.7. The van der Waals surface area contributed by atoms with Crippen LogP contribution >= 0.6 is 46.4 Å².